The Morgan fingerprint density at radius 2 is 2.10 bits per heavy atom. The van der Waals surface area contributed by atoms with Gasteiger partial charge in [-0.1, -0.05) is 11.6 Å². The molecule has 0 aromatic heterocycles. The first-order valence-electron chi connectivity index (χ1n) is 7.07. The van der Waals surface area contributed by atoms with Crippen molar-refractivity contribution in [2.24, 2.45) is 0 Å². The van der Waals surface area contributed by atoms with E-state index >= 15 is 0 Å². The van der Waals surface area contributed by atoms with E-state index < -0.39 is 0 Å². The second kappa shape index (κ2) is 6.90. The maximum atomic E-state index is 5.46. The van der Waals surface area contributed by atoms with E-state index in [1.54, 1.807) is 12.0 Å². The fraction of sp³-hybridized carbons (Fsp3) is 0.533. The molecule has 1 heterocycles. The van der Waals surface area contributed by atoms with Crippen molar-refractivity contribution in [2.45, 2.75) is 13.5 Å². The van der Waals surface area contributed by atoms with E-state index in [0.29, 0.717) is 0 Å². The van der Waals surface area contributed by atoms with Gasteiger partial charge in [0, 0.05) is 12.6 Å². The first-order valence-corrected chi connectivity index (χ1v) is 7.48. The molecule has 5 heteroatoms. The molecule has 2 N–H and O–H groups in total. The molecular weight excluding hydrogens is 270 g/mol. The van der Waals surface area contributed by atoms with Crippen molar-refractivity contribution in [3.63, 3.8) is 0 Å². The number of quaternary nitrogens is 1. The Labute approximate surface area is 126 Å². The number of ether oxygens (including phenoxy) is 1. The molecule has 0 unspecified atom stereocenters. The molecule has 4 nitrogen and oxygen atoms in total. The van der Waals surface area contributed by atoms with Gasteiger partial charge in [0.2, 0.25) is 0 Å². The molecular formula is C15H24N3OS+. The van der Waals surface area contributed by atoms with Crippen LogP contribution in [-0.2, 0) is 6.54 Å². The summed E-state index contributed by atoms with van der Waals surface area (Å²) in [6.45, 7) is 7.40. The van der Waals surface area contributed by atoms with Crippen LogP contribution < -0.4 is 15.0 Å². The maximum Gasteiger partial charge on any atom is 0.169 e. The Morgan fingerprint density at radius 3 is 2.70 bits per heavy atom. The number of aryl methyl sites for hydroxylation is 1. The standard InChI is InChI=1S/C15H23N3OS/c1-12-4-5-14(19-3)13(10-12)11-17-6-8-18(9-7-17)15(20)16-2/h4-5,10H,6-9,11H2,1-3H3,(H,16,20)/p+1. The summed E-state index contributed by atoms with van der Waals surface area (Å²) in [7, 11) is 3.63. The van der Waals surface area contributed by atoms with Gasteiger partial charge in [-0.25, -0.2) is 0 Å². The van der Waals surface area contributed by atoms with Crippen LogP contribution in [0, 0.1) is 6.92 Å². The molecule has 1 aliphatic heterocycles. The number of hydrogen-bond acceptors (Lipinski definition) is 2. The molecule has 0 bridgehead atoms. The van der Waals surface area contributed by atoms with Gasteiger partial charge in [-0.2, -0.15) is 0 Å². The highest BCUT2D eigenvalue weighted by Crippen LogP contribution is 2.18. The molecule has 0 amide bonds. The molecule has 1 aromatic carbocycles. The van der Waals surface area contributed by atoms with E-state index in [2.05, 4.69) is 35.3 Å². The predicted molar refractivity (Wildman–Crippen MR) is 85.4 cm³/mol. The zero-order valence-corrected chi connectivity index (χ0v) is 13.3. The molecule has 0 saturated carbocycles. The molecule has 0 aliphatic carbocycles. The van der Waals surface area contributed by atoms with Crippen LogP contribution in [0.3, 0.4) is 0 Å². The van der Waals surface area contributed by atoms with Gasteiger partial charge in [-0.15, -0.1) is 0 Å². The molecule has 1 aliphatic rings. The minimum atomic E-state index is 0.859. The van der Waals surface area contributed by atoms with Gasteiger partial charge in [0.25, 0.3) is 0 Å². The first-order chi connectivity index (χ1) is 9.63. The van der Waals surface area contributed by atoms with E-state index in [0.717, 1.165) is 43.6 Å². The zero-order valence-electron chi connectivity index (χ0n) is 12.5. The fourth-order valence-corrected chi connectivity index (χ4v) is 2.86. The second-order valence-electron chi connectivity index (χ2n) is 5.28. The van der Waals surface area contributed by atoms with E-state index in [4.69, 9.17) is 17.0 Å². The van der Waals surface area contributed by atoms with Crippen LogP contribution in [0.2, 0.25) is 0 Å². The number of methoxy groups -OCH3 is 1. The van der Waals surface area contributed by atoms with E-state index in [-0.39, 0.29) is 0 Å². The first kappa shape index (κ1) is 15.1. The van der Waals surface area contributed by atoms with Crippen LogP contribution in [0.15, 0.2) is 18.2 Å². The van der Waals surface area contributed by atoms with Gasteiger partial charge in [0.05, 0.1) is 33.3 Å². The lowest BCUT2D eigenvalue weighted by Crippen LogP contribution is -3.13. The average Bonchev–Trinajstić information content (AvgIpc) is 2.47. The molecule has 2 rings (SSSR count). The molecule has 0 spiro atoms. The number of piperazine rings is 1. The monoisotopic (exact) mass is 294 g/mol. The third-order valence-electron chi connectivity index (χ3n) is 3.85. The van der Waals surface area contributed by atoms with Crippen molar-refractivity contribution in [3.05, 3.63) is 29.3 Å². The summed E-state index contributed by atoms with van der Waals surface area (Å²) < 4.78 is 5.46. The third-order valence-corrected chi connectivity index (χ3v) is 4.31. The lowest BCUT2D eigenvalue weighted by molar-refractivity contribution is -0.917. The van der Waals surface area contributed by atoms with Gasteiger partial charge in [0.1, 0.15) is 12.3 Å². The second-order valence-corrected chi connectivity index (χ2v) is 5.67. The molecule has 20 heavy (non-hydrogen) atoms. The van der Waals surface area contributed by atoms with Gasteiger partial charge >= 0.3 is 0 Å². The summed E-state index contributed by atoms with van der Waals surface area (Å²) in [6, 6.07) is 6.40. The Kier molecular flexibility index (Phi) is 5.20. The lowest BCUT2D eigenvalue weighted by atomic mass is 10.1. The Morgan fingerprint density at radius 1 is 1.40 bits per heavy atom. The Bertz CT molecular complexity index is 470. The smallest absolute Gasteiger partial charge is 0.169 e. The van der Waals surface area contributed by atoms with Gasteiger partial charge < -0.3 is 19.9 Å². The highest BCUT2D eigenvalue weighted by Gasteiger charge is 2.22. The van der Waals surface area contributed by atoms with E-state index in [1.165, 1.54) is 11.1 Å². The van der Waals surface area contributed by atoms with Crippen LogP contribution in [0.1, 0.15) is 11.1 Å². The summed E-state index contributed by atoms with van der Waals surface area (Å²) >= 11 is 5.29. The van der Waals surface area contributed by atoms with Crippen molar-refractivity contribution < 1.29 is 9.64 Å². The molecule has 0 radical (unpaired) electrons. The number of hydrogen-bond donors (Lipinski definition) is 2. The fourth-order valence-electron chi connectivity index (χ4n) is 2.68. The van der Waals surface area contributed by atoms with Gasteiger partial charge in [-0.05, 0) is 31.3 Å². The molecule has 1 aromatic rings. The summed E-state index contributed by atoms with van der Waals surface area (Å²) in [5.74, 6) is 0.997. The number of nitrogens with zero attached hydrogens (tertiary/aromatic N) is 1. The highest BCUT2D eigenvalue weighted by molar-refractivity contribution is 7.80. The normalized spacial score (nSPS) is 16.1. The third kappa shape index (κ3) is 3.61. The van der Waals surface area contributed by atoms with Crippen molar-refractivity contribution in [1.82, 2.24) is 10.2 Å². The Hall–Kier alpha value is -1.33. The van der Waals surface area contributed by atoms with Gasteiger partial charge in [0.15, 0.2) is 5.11 Å². The highest BCUT2D eigenvalue weighted by atomic mass is 32.1. The number of rotatable bonds is 3. The summed E-state index contributed by atoms with van der Waals surface area (Å²) in [6.07, 6.45) is 0. The minimum absolute atomic E-state index is 0.859. The maximum absolute atomic E-state index is 5.46. The molecule has 1 fully saturated rings. The average molecular weight is 294 g/mol. The summed E-state index contributed by atoms with van der Waals surface area (Å²) in [5.41, 5.74) is 2.59. The largest absolute Gasteiger partial charge is 0.496 e. The Balaban J connectivity index is 1.96. The molecule has 1 saturated heterocycles. The van der Waals surface area contributed by atoms with Crippen molar-refractivity contribution in [1.29, 1.82) is 0 Å². The van der Waals surface area contributed by atoms with Crippen molar-refractivity contribution in [2.75, 3.05) is 40.3 Å². The molecule has 110 valence electrons. The summed E-state index contributed by atoms with van der Waals surface area (Å²) in [4.78, 5) is 3.83. The lowest BCUT2D eigenvalue weighted by Gasteiger charge is -2.33. The minimum Gasteiger partial charge on any atom is -0.496 e. The SMILES string of the molecule is CNC(=S)N1CC[NH+](Cc2cc(C)ccc2OC)CC1. The van der Waals surface area contributed by atoms with E-state index in [1.807, 2.05) is 7.05 Å². The van der Waals surface area contributed by atoms with Crippen LogP contribution in [0.5, 0.6) is 5.75 Å². The number of thiocarbonyl (C=S) groups is 1. The van der Waals surface area contributed by atoms with Crippen molar-refractivity contribution in [3.8, 4) is 5.75 Å². The van der Waals surface area contributed by atoms with Crippen molar-refractivity contribution >= 4 is 17.3 Å². The van der Waals surface area contributed by atoms with Crippen LogP contribution in [0.25, 0.3) is 0 Å². The van der Waals surface area contributed by atoms with Gasteiger partial charge in [-0.3, -0.25) is 0 Å². The van der Waals surface area contributed by atoms with Crippen LogP contribution in [0.4, 0.5) is 0 Å². The number of nitrogens with one attached hydrogen (secondary N) is 2. The van der Waals surface area contributed by atoms with Crippen LogP contribution >= 0.6 is 12.2 Å². The van der Waals surface area contributed by atoms with E-state index in [9.17, 15) is 0 Å². The molecule has 0 atom stereocenters. The number of benzene rings is 1. The van der Waals surface area contributed by atoms with Crippen LogP contribution in [-0.4, -0.2) is 50.3 Å². The topological polar surface area (TPSA) is 28.9 Å². The predicted octanol–water partition coefficient (Wildman–Crippen LogP) is 0.208. The summed E-state index contributed by atoms with van der Waals surface area (Å²) in [5, 5.41) is 3.91. The zero-order chi connectivity index (χ0) is 14.5. The quantitative estimate of drug-likeness (QED) is 0.780.